The Balaban J connectivity index is 2.20. The maximum atomic E-state index is 5.89. The molecule has 16 heavy (non-hydrogen) atoms. The molecule has 0 amide bonds. The quantitative estimate of drug-likeness (QED) is 0.817. The number of aromatic nitrogens is 1. The van der Waals surface area contributed by atoms with Gasteiger partial charge >= 0.3 is 0 Å². The van der Waals surface area contributed by atoms with Crippen LogP contribution in [-0.2, 0) is 0 Å². The molecule has 86 valence electrons. The highest BCUT2D eigenvalue weighted by molar-refractivity contribution is 7.80. The van der Waals surface area contributed by atoms with E-state index in [9.17, 15) is 0 Å². The van der Waals surface area contributed by atoms with Gasteiger partial charge in [0.25, 0.3) is 0 Å². The molecule has 1 aliphatic rings. The van der Waals surface area contributed by atoms with Crippen LogP contribution in [-0.4, -0.2) is 9.97 Å². The van der Waals surface area contributed by atoms with Crippen molar-refractivity contribution in [3.05, 3.63) is 30.1 Å². The minimum absolute atomic E-state index is 0.177. The molecule has 2 nitrogen and oxygen atoms in total. The lowest BCUT2D eigenvalue weighted by atomic mass is 9.78. The third-order valence-electron chi connectivity index (χ3n) is 3.43. The standard InChI is InChI=1S/C13H18N2S/c14-13(16)12(10-6-2-1-3-7-10)11-8-4-5-9-15-11/h4-5,8-10,12H,1-3,6-7H2,(H2,14,16). The fraction of sp³-hybridized carbons (Fsp3) is 0.538. The largest absolute Gasteiger partial charge is 0.393 e. The molecular formula is C13H18N2S. The van der Waals surface area contributed by atoms with Gasteiger partial charge < -0.3 is 5.73 Å². The van der Waals surface area contributed by atoms with E-state index in [1.165, 1.54) is 32.1 Å². The maximum absolute atomic E-state index is 5.89. The van der Waals surface area contributed by atoms with E-state index in [-0.39, 0.29) is 5.92 Å². The van der Waals surface area contributed by atoms with Gasteiger partial charge in [-0.3, -0.25) is 4.98 Å². The van der Waals surface area contributed by atoms with Gasteiger partial charge in [-0.05, 0) is 30.9 Å². The van der Waals surface area contributed by atoms with E-state index >= 15 is 0 Å². The minimum Gasteiger partial charge on any atom is -0.393 e. The lowest BCUT2D eigenvalue weighted by Crippen LogP contribution is -2.28. The van der Waals surface area contributed by atoms with Crippen LogP contribution in [0, 0.1) is 5.92 Å². The predicted molar refractivity (Wildman–Crippen MR) is 70.3 cm³/mol. The van der Waals surface area contributed by atoms with Crippen LogP contribution in [0.3, 0.4) is 0 Å². The van der Waals surface area contributed by atoms with Crippen molar-refractivity contribution in [2.24, 2.45) is 11.7 Å². The van der Waals surface area contributed by atoms with Crippen LogP contribution in [0.2, 0.25) is 0 Å². The third kappa shape index (κ3) is 2.59. The van der Waals surface area contributed by atoms with Crippen molar-refractivity contribution >= 4 is 17.2 Å². The zero-order valence-corrected chi connectivity index (χ0v) is 10.2. The van der Waals surface area contributed by atoms with Gasteiger partial charge in [-0.25, -0.2) is 0 Å². The first-order valence-corrected chi connectivity index (χ1v) is 6.40. The van der Waals surface area contributed by atoms with Crippen molar-refractivity contribution in [3.8, 4) is 0 Å². The number of thiocarbonyl (C=S) groups is 1. The first kappa shape index (κ1) is 11.5. The van der Waals surface area contributed by atoms with Gasteiger partial charge in [-0.15, -0.1) is 0 Å². The molecule has 0 aliphatic heterocycles. The molecule has 0 bridgehead atoms. The molecule has 1 heterocycles. The molecule has 2 rings (SSSR count). The van der Waals surface area contributed by atoms with Crippen LogP contribution in [0.1, 0.15) is 43.7 Å². The fourth-order valence-electron chi connectivity index (χ4n) is 2.65. The van der Waals surface area contributed by atoms with Crippen molar-refractivity contribution in [3.63, 3.8) is 0 Å². The molecule has 1 saturated carbocycles. The van der Waals surface area contributed by atoms with E-state index in [1.807, 2.05) is 24.4 Å². The van der Waals surface area contributed by atoms with Gasteiger partial charge in [0, 0.05) is 6.20 Å². The molecule has 3 heteroatoms. The summed E-state index contributed by atoms with van der Waals surface area (Å²) in [5.41, 5.74) is 6.93. The fourth-order valence-corrected chi connectivity index (χ4v) is 2.96. The summed E-state index contributed by atoms with van der Waals surface area (Å²) >= 11 is 5.22. The molecule has 1 fully saturated rings. The predicted octanol–water partition coefficient (Wildman–Crippen LogP) is 3.03. The Morgan fingerprint density at radius 3 is 2.62 bits per heavy atom. The molecule has 0 radical (unpaired) electrons. The molecule has 1 aromatic heterocycles. The van der Waals surface area contributed by atoms with Crippen molar-refractivity contribution in [2.45, 2.75) is 38.0 Å². The van der Waals surface area contributed by atoms with Crippen LogP contribution >= 0.6 is 12.2 Å². The number of rotatable bonds is 3. The zero-order chi connectivity index (χ0) is 11.4. The van der Waals surface area contributed by atoms with E-state index in [4.69, 9.17) is 18.0 Å². The van der Waals surface area contributed by atoms with Gasteiger partial charge in [0.05, 0.1) is 16.6 Å². The highest BCUT2D eigenvalue weighted by Gasteiger charge is 2.27. The van der Waals surface area contributed by atoms with Crippen LogP contribution in [0.4, 0.5) is 0 Å². The molecular weight excluding hydrogens is 216 g/mol. The molecule has 1 aromatic rings. The number of hydrogen-bond acceptors (Lipinski definition) is 2. The second-order valence-electron chi connectivity index (χ2n) is 4.53. The average Bonchev–Trinajstić information content (AvgIpc) is 2.31. The second kappa shape index (κ2) is 5.39. The number of nitrogens with two attached hydrogens (primary N) is 1. The van der Waals surface area contributed by atoms with Gasteiger partial charge in [-0.2, -0.15) is 0 Å². The van der Waals surface area contributed by atoms with Crippen molar-refractivity contribution < 1.29 is 0 Å². The maximum Gasteiger partial charge on any atom is 0.0821 e. The van der Waals surface area contributed by atoms with Crippen LogP contribution in [0.5, 0.6) is 0 Å². The summed E-state index contributed by atoms with van der Waals surface area (Å²) in [7, 11) is 0. The summed E-state index contributed by atoms with van der Waals surface area (Å²) in [5, 5.41) is 0. The molecule has 0 saturated heterocycles. The van der Waals surface area contributed by atoms with Crippen LogP contribution in [0.25, 0.3) is 0 Å². The van der Waals surface area contributed by atoms with Gasteiger partial charge in [-0.1, -0.05) is 37.5 Å². The number of nitrogens with zero attached hydrogens (tertiary/aromatic N) is 1. The monoisotopic (exact) mass is 234 g/mol. The second-order valence-corrected chi connectivity index (χ2v) is 5.00. The average molecular weight is 234 g/mol. The van der Waals surface area contributed by atoms with E-state index in [0.29, 0.717) is 10.9 Å². The van der Waals surface area contributed by atoms with Gasteiger partial charge in [0.1, 0.15) is 0 Å². The summed E-state index contributed by atoms with van der Waals surface area (Å²) < 4.78 is 0. The summed E-state index contributed by atoms with van der Waals surface area (Å²) in [6.45, 7) is 0. The Bertz CT molecular complexity index is 344. The zero-order valence-electron chi connectivity index (χ0n) is 9.43. The Labute approximate surface area is 102 Å². The first-order chi connectivity index (χ1) is 7.79. The van der Waals surface area contributed by atoms with Crippen LogP contribution in [0.15, 0.2) is 24.4 Å². The van der Waals surface area contributed by atoms with Gasteiger partial charge in [0.15, 0.2) is 0 Å². The van der Waals surface area contributed by atoms with Crippen molar-refractivity contribution in [2.75, 3.05) is 0 Å². The normalized spacial score (nSPS) is 19.2. The summed E-state index contributed by atoms with van der Waals surface area (Å²) in [5.74, 6) is 0.776. The van der Waals surface area contributed by atoms with Crippen LogP contribution < -0.4 is 5.73 Å². The lowest BCUT2D eigenvalue weighted by molar-refractivity contribution is 0.339. The van der Waals surface area contributed by atoms with E-state index in [1.54, 1.807) is 0 Å². The topological polar surface area (TPSA) is 38.9 Å². The molecule has 1 unspecified atom stereocenters. The highest BCUT2D eigenvalue weighted by atomic mass is 32.1. The smallest absolute Gasteiger partial charge is 0.0821 e. The van der Waals surface area contributed by atoms with E-state index < -0.39 is 0 Å². The molecule has 0 aromatic carbocycles. The molecule has 0 spiro atoms. The summed E-state index contributed by atoms with van der Waals surface area (Å²) in [4.78, 5) is 5.01. The Hall–Kier alpha value is -0.960. The summed E-state index contributed by atoms with van der Waals surface area (Å²) in [6, 6.07) is 5.98. The lowest BCUT2D eigenvalue weighted by Gasteiger charge is -2.29. The minimum atomic E-state index is 0.177. The summed E-state index contributed by atoms with van der Waals surface area (Å²) in [6.07, 6.45) is 8.25. The molecule has 1 atom stereocenters. The van der Waals surface area contributed by atoms with E-state index in [2.05, 4.69) is 4.98 Å². The first-order valence-electron chi connectivity index (χ1n) is 5.99. The van der Waals surface area contributed by atoms with Gasteiger partial charge in [0.2, 0.25) is 0 Å². The van der Waals surface area contributed by atoms with E-state index in [0.717, 1.165) is 5.69 Å². The number of pyridine rings is 1. The SMILES string of the molecule is NC(=S)C(c1ccccn1)C1CCCCC1. The highest BCUT2D eigenvalue weighted by Crippen LogP contribution is 2.35. The third-order valence-corrected chi connectivity index (χ3v) is 3.69. The molecule has 2 N–H and O–H groups in total. The number of hydrogen-bond donors (Lipinski definition) is 1. The Morgan fingerprint density at radius 2 is 2.06 bits per heavy atom. The molecule has 1 aliphatic carbocycles. The Kier molecular flexibility index (Phi) is 3.88. The van der Waals surface area contributed by atoms with Crippen molar-refractivity contribution in [1.29, 1.82) is 0 Å². The van der Waals surface area contributed by atoms with Crippen molar-refractivity contribution in [1.82, 2.24) is 4.98 Å². The Morgan fingerprint density at radius 1 is 1.31 bits per heavy atom.